The molecule has 2 atom stereocenters. The minimum absolute atomic E-state index is 0.444. The lowest BCUT2D eigenvalue weighted by molar-refractivity contribution is 0.147. The van der Waals surface area contributed by atoms with Crippen molar-refractivity contribution in [3.8, 4) is 0 Å². The zero-order chi connectivity index (χ0) is 11.9. The Balaban J connectivity index is 3.82. The largest absolute Gasteiger partial charge is 0.384 e. The van der Waals surface area contributed by atoms with Gasteiger partial charge in [-0.15, -0.1) is 0 Å². The summed E-state index contributed by atoms with van der Waals surface area (Å²) in [5.74, 6) is 0.646. The normalized spacial score (nSPS) is 16.4. The third-order valence-electron chi connectivity index (χ3n) is 2.79. The van der Waals surface area contributed by atoms with Crippen molar-refractivity contribution in [2.45, 2.75) is 53.0 Å². The summed E-state index contributed by atoms with van der Waals surface area (Å²) in [6.45, 7) is 10.0. The summed E-state index contributed by atoms with van der Waals surface area (Å²) in [6, 6.07) is 0.634. The van der Waals surface area contributed by atoms with Crippen LogP contribution in [0.2, 0.25) is 0 Å². The van der Waals surface area contributed by atoms with Crippen molar-refractivity contribution in [2.75, 3.05) is 20.8 Å². The van der Waals surface area contributed by atoms with Gasteiger partial charge in [-0.25, -0.2) is 0 Å². The quantitative estimate of drug-likeness (QED) is 0.704. The van der Waals surface area contributed by atoms with Crippen LogP contribution in [0.15, 0.2) is 0 Å². The maximum atomic E-state index is 5.17. The van der Waals surface area contributed by atoms with Gasteiger partial charge in [-0.05, 0) is 37.6 Å². The third kappa shape index (κ3) is 8.88. The highest BCUT2D eigenvalue weighted by Crippen LogP contribution is 2.23. The Kier molecular flexibility index (Phi) is 7.20. The molecule has 2 heteroatoms. The van der Waals surface area contributed by atoms with Gasteiger partial charge in [-0.1, -0.05) is 27.7 Å². The van der Waals surface area contributed by atoms with Crippen LogP contribution in [0.1, 0.15) is 47.0 Å². The maximum absolute atomic E-state index is 5.17. The molecule has 0 aromatic heterocycles. The summed E-state index contributed by atoms with van der Waals surface area (Å²) in [4.78, 5) is 0. The van der Waals surface area contributed by atoms with Crippen molar-refractivity contribution < 1.29 is 4.74 Å². The lowest BCUT2D eigenvalue weighted by Gasteiger charge is -2.24. The van der Waals surface area contributed by atoms with Gasteiger partial charge in [-0.3, -0.25) is 0 Å². The molecule has 15 heavy (non-hydrogen) atoms. The average Bonchev–Trinajstić information content (AvgIpc) is 2.11. The van der Waals surface area contributed by atoms with E-state index in [0.717, 1.165) is 6.61 Å². The lowest BCUT2D eigenvalue weighted by Crippen LogP contribution is -2.29. The second-order valence-corrected chi connectivity index (χ2v) is 5.88. The molecule has 0 rings (SSSR count). The number of methoxy groups -OCH3 is 1. The van der Waals surface area contributed by atoms with E-state index in [9.17, 15) is 0 Å². The Hall–Kier alpha value is -0.0800. The molecule has 0 spiro atoms. The second-order valence-electron chi connectivity index (χ2n) is 5.88. The first-order valence-corrected chi connectivity index (χ1v) is 6.05. The van der Waals surface area contributed by atoms with Gasteiger partial charge < -0.3 is 10.1 Å². The first kappa shape index (κ1) is 14.9. The van der Waals surface area contributed by atoms with Crippen LogP contribution in [-0.4, -0.2) is 26.8 Å². The minimum atomic E-state index is 0.444. The highest BCUT2D eigenvalue weighted by atomic mass is 16.5. The molecule has 0 aliphatic heterocycles. The zero-order valence-electron chi connectivity index (χ0n) is 11.4. The minimum Gasteiger partial charge on any atom is -0.384 e. The molecule has 0 amide bonds. The molecule has 2 nitrogen and oxygen atoms in total. The third-order valence-corrected chi connectivity index (χ3v) is 2.79. The topological polar surface area (TPSA) is 21.3 Å². The molecule has 2 unspecified atom stereocenters. The molecule has 0 aromatic rings. The fourth-order valence-corrected chi connectivity index (χ4v) is 1.83. The summed E-state index contributed by atoms with van der Waals surface area (Å²) in [5.41, 5.74) is 0.444. The van der Waals surface area contributed by atoms with E-state index in [2.05, 4.69) is 40.1 Å². The Morgan fingerprint density at radius 1 is 1.27 bits per heavy atom. The van der Waals surface area contributed by atoms with E-state index in [1.54, 1.807) is 7.11 Å². The van der Waals surface area contributed by atoms with Crippen LogP contribution in [0, 0.1) is 11.3 Å². The number of ether oxygens (including phenoxy) is 1. The van der Waals surface area contributed by atoms with E-state index < -0.39 is 0 Å². The molecule has 0 radical (unpaired) electrons. The van der Waals surface area contributed by atoms with E-state index in [-0.39, 0.29) is 0 Å². The molecule has 0 fully saturated rings. The van der Waals surface area contributed by atoms with Gasteiger partial charge in [0, 0.05) is 19.8 Å². The van der Waals surface area contributed by atoms with Gasteiger partial charge >= 0.3 is 0 Å². The fraction of sp³-hybridized carbons (Fsp3) is 1.00. The van der Waals surface area contributed by atoms with Gasteiger partial charge in [0.1, 0.15) is 0 Å². The Morgan fingerprint density at radius 2 is 1.87 bits per heavy atom. The highest BCUT2D eigenvalue weighted by molar-refractivity contribution is 4.72. The average molecular weight is 215 g/mol. The molecule has 0 bridgehead atoms. The van der Waals surface area contributed by atoms with E-state index in [4.69, 9.17) is 4.74 Å². The van der Waals surface area contributed by atoms with Crippen molar-refractivity contribution in [2.24, 2.45) is 11.3 Å². The summed E-state index contributed by atoms with van der Waals surface area (Å²) < 4.78 is 5.17. The predicted molar refractivity (Wildman–Crippen MR) is 67.2 cm³/mol. The fourth-order valence-electron chi connectivity index (χ4n) is 1.83. The summed E-state index contributed by atoms with van der Waals surface area (Å²) in [5, 5.41) is 3.41. The molecule has 0 aliphatic rings. The maximum Gasteiger partial charge on any atom is 0.0488 e. The molecule has 1 N–H and O–H groups in total. The van der Waals surface area contributed by atoms with Gasteiger partial charge in [0.05, 0.1) is 0 Å². The first-order valence-electron chi connectivity index (χ1n) is 6.05. The molecule has 92 valence electrons. The summed E-state index contributed by atoms with van der Waals surface area (Å²) >= 11 is 0. The summed E-state index contributed by atoms with van der Waals surface area (Å²) in [6.07, 6.45) is 3.74. The standard InChI is InChI=1S/C13H29NO/c1-11(10-15-6)9-12(14-5)7-8-13(2,3)4/h11-12,14H,7-10H2,1-6H3. The van der Waals surface area contributed by atoms with E-state index >= 15 is 0 Å². The van der Waals surface area contributed by atoms with Crippen LogP contribution in [0.25, 0.3) is 0 Å². The van der Waals surface area contributed by atoms with Crippen LogP contribution in [-0.2, 0) is 4.74 Å². The lowest BCUT2D eigenvalue weighted by atomic mass is 9.87. The molecular formula is C13H29NO. The molecule has 0 aliphatic carbocycles. The van der Waals surface area contributed by atoms with Gasteiger partial charge in [0.15, 0.2) is 0 Å². The predicted octanol–water partition coefficient (Wildman–Crippen LogP) is 3.07. The van der Waals surface area contributed by atoms with Crippen LogP contribution >= 0.6 is 0 Å². The molecule has 0 saturated carbocycles. The Bertz CT molecular complexity index is 151. The second kappa shape index (κ2) is 7.24. The zero-order valence-corrected chi connectivity index (χ0v) is 11.4. The van der Waals surface area contributed by atoms with Gasteiger partial charge in [0.2, 0.25) is 0 Å². The SMILES string of the molecule is CNC(CCC(C)(C)C)CC(C)COC. The van der Waals surface area contributed by atoms with Crippen LogP contribution in [0.4, 0.5) is 0 Å². The van der Waals surface area contributed by atoms with Crippen molar-refractivity contribution in [3.63, 3.8) is 0 Å². The van der Waals surface area contributed by atoms with E-state index in [0.29, 0.717) is 17.4 Å². The molecule has 0 saturated heterocycles. The Morgan fingerprint density at radius 3 is 2.27 bits per heavy atom. The van der Waals surface area contributed by atoms with Crippen molar-refractivity contribution in [1.29, 1.82) is 0 Å². The van der Waals surface area contributed by atoms with E-state index in [1.807, 2.05) is 0 Å². The van der Waals surface area contributed by atoms with E-state index in [1.165, 1.54) is 19.3 Å². The molecule has 0 aromatic carbocycles. The number of nitrogens with one attached hydrogen (secondary N) is 1. The van der Waals surface area contributed by atoms with Gasteiger partial charge in [-0.2, -0.15) is 0 Å². The number of hydrogen-bond acceptors (Lipinski definition) is 2. The smallest absolute Gasteiger partial charge is 0.0488 e. The van der Waals surface area contributed by atoms with Crippen LogP contribution in [0.5, 0.6) is 0 Å². The summed E-state index contributed by atoms with van der Waals surface area (Å²) in [7, 11) is 3.84. The van der Waals surface area contributed by atoms with Gasteiger partial charge in [0.25, 0.3) is 0 Å². The Labute approximate surface area is 95.8 Å². The number of hydrogen-bond donors (Lipinski definition) is 1. The highest BCUT2D eigenvalue weighted by Gasteiger charge is 2.16. The van der Waals surface area contributed by atoms with Crippen LogP contribution < -0.4 is 5.32 Å². The van der Waals surface area contributed by atoms with Crippen molar-refractivity contribution in [3.05, 3.63) is 0 Å². The van der Waals surface area contributed by atoms with Crippen molar-refractivity contribution >= 4 is 0 Å². The molecular weight excluding hydrogens is 186 g/mol. The van der Waals surface area contributed by atoms with Crippen molar-refractivity contribution in [1.82, 2.24) is 5.32 Å². The molecule has 0 heterocycles. The number of rotatable bonds is 7. The first-order chi connectivity index (χ1) is 6.89. The van der Waals surface area contributed by atoms with Crippen LogP contribution in [0.3, 0.4) is 0 Å². The monoisotopic (exact) mass is 215 g/mol.